The largest absolute Gasteiger partial charge is 0.381 e. The molecule has 1 fully saturated rings. The summed E-state index contributed by atoms with van der Waals surface area (Å²) >= 11 is 6.46. The Morgan fingerprint density at radius 1 is 1.24 bits per heavy atom. The molecule has 9 nitrogen and oxygen atoms in total. The monoisotopic (exact) mass is 522 g/mol. The molecule has 194 valence electrons. The van der Waals surface area contributed by atoms with Gasteiger partial charge in [0.25, 0.3) is 0 Å². The van der Waals surface area contributed by atoms with Gasteiger partial charge in [0, 0.05) is 42.6 Å². The van der Waals surface area contributed by atoms with Crippen molar-refractivity contribution in [2.75, 3.05) is 25.1 Å². The molecule has 2 atom stereocenters. The Bertz CT molecular complexity index is 1280. The van der Waals surface area contributed by atoms with E-state index in [1.165, 1.54) is 0 Å². The third-order valence-corrected chi connectivity index (χ3v) is 7.07. The van der Waals surface area contributed by atoms with Gasteiger partial charge in [0.15, 0.2) is 0 Å². The van der Waals surface area contributed by atoms with Crippen molar-refractivity contribution in [2.24, 2.45) is 0 Å². The molecule has 0 radical (unpaired) electrons. The number of carbonyl (C=O) groups excluding carboxylic acids is 1. The van der Waals surface area contributed by atoms with Gasteiger partial charge in [0.2, 0.25) is 11.9 Å². The van der Waals surface area contributed by atoms with Crippen molar-refractivity contribution >= 4 is 23.5 Å². The second-order valence-corrected chi connectivity index (χ2v) is 10.0. The van der Waals surface area contributed by atoms with Crippen molar-refractivity contribution < 1.29 is 14.6 Å². The maximum Gasteiger partial charge on any atom is 0.234 e. The van der Waals surface area contributed by atoms with E-state index in [0.717, 1.165) is 54.1 Å². The lowest BCUT2D eigenvalue weighted by Gasteiger charge is -2.23. The Balaban J connectivity index is 1.26. The van der Waals surface area contributed by atoms with Gasteiger partial charge in [-0.3, -0.25) is 14.7 Å². The SMILES string of the molecule is Cc1cccc(C(C)NC(=O)CN2Cc3ccc(-c4nc(NC5CCOCC5)ncc4Cl)cc3C2O)n1. The first-order valence-electron chi connectivity index (χ1n) is 12.5. The second kappa shape index (κ2) is 11.1. The molecule has 37 heavy (non-hydrogen) atoms. The summed E-state index contributed by atoms with van der Waals surface area (Å²) in [5, 5.41) is 17.8. The van der Waals surface area contributed by atoms with Gasteiger partial charge in [-0.1, -0.05) is 29.8 Å². The van der Waals surface area contributed by atoms with Gasteiger partial charge in [0.1, 0.15) is 6.23 Å². The molecule has 5 rings (SSSR count). The molecule has 2 aliphatic rings. The highest BCUT2D eigenvalue weighted by atomic mass is 35.5. The highest BCUT2D eigenvalue weighted by Gasteiger charge is 2.31. The molecule has 2 aliphatic heterocycles. The smallest absolute Gasteiger partial charge is 0.234 e. The molecule has 4 heterocycles. The van der Waals surface area contributed by atoms with Gasteiger partial charge < -0.3 is 20.5 Å². The molecule has 0 spiro atoms. The number of aliphatic hydroxyl groups excluding tert-OH is 1. The number of rotatable bonds is 7. The van der Waals surface area contributed by atoms with Gasteiger partial charge in [-0.25, -0.2) is 9.97 Å². The minimum atomic E-state index is -0.909. The lowest BCUT2D eigenvalue weighted by Crippen LogP contribution is -2.37. The van der Waals surface area contributed by atoms with Crippen molar-refractivity contribution in [3.63, 3.8) is 0 Å². The highest BCUT2D eigenvalue weighted by molar-refractivity contribution is 6.32. The van der Waals surface area contributed by atoms with Crippen molar-refractivity contribution in [3.05, 3.63) is 70.1 Å². The fourth-order valence-electron chi connectivity index (χ4n) is 4.79. The fraction of sp³-hybridized carbons (Fsp3) is 0.407. The van der Waals surface area contributed by atoms with Crippen LogP contribution >= 0.6 is 11.6 Å². The number of ether oxygens (including phenoxy) is 1. The minimum absolute atomic E-state index is 0.0643. The minimum Gasteiger partial charge on any atom is -0.381 e. The number of nitrogens with zero attached hydrogens (tertiary/aromatic N) is 4. The number of aromatic nitrogens is 3. The Morgan fingerprint density at radius 3 is 2.84 bits per heavy atom. The van der Waals surface area contributed by atoms with Crippen LogP contribution < -0.4 is 10.6 Å². The quantitative estimate of drug-likeness (QED) is 0.430. The summed E-state index contributed by atoms with van der Waals surface area (Å²) in [5.74, 6) is 0.341. The summed E-state index contributed by atoms with van der Waals surface area (Å²) in [6.45, 7) is 5.79. The van der Waals surface area contributed by atoms with Crippen molar-refractivity contribution in [2.45, 2.75) is 51.5 Å². The molecule has 1 saturated heterocycles. The first kappa shape index (κ1) is 25.5. The second-order valence-electron chi connectivity index (χ2n) is 9.61. The molecule has 2 unspecified atom stereocenters. The number of hydrogen-bond acceptors (Lipinski definition) is 8. The summed E-state index contributed by atoms with van der Waals surface area (Å²) in [5.41, 5.74) is 4.78. The summed E-state index contributed by atoms with van der Waals surface area (Å²) in [4.78, 5) is 28.0. The van der Waals surface area contributed by atoms with Crippen LogP contribution in [0.3, 0.4) is 0 Å². The third-order valence-electron chi connectivity index (χ3n) is 6.79. The zero-order valence-electron chi connectivity index (χ0n) is 20.9. The van der Waals surface area contributed by atoms with Crippen molar-refractivity contribution in [1.82, 2.24) is 25.2 Å². The van der Waals surface area contributed by atoms with Crippen LogP contribution in [0.2, 0.25) is 5.02 Å². The van der Waals surface area contributed by atoms with E-state index in [2.05, 4.69) is 25.6 Å². The molecule has 0 aliphatic carbocycles. The predicted molar refractivity (Wildman–Crippen MR) is 141 cm³/mol. The van der Waals surface area contributed by atoms with Crippen molar-refractivity contribution in [1.29, 1.82) is 0 Å². The average molecular weight is 523 g/mol. The molecular weight excluding hydrogens is 492 g/mol. The third kappa shape index (κ3) is 5.91. The molecule has 3 aromatic rings. The molecule has 0 saturated carbocycles. The number of anilines is 1. The van der Waals surface area contributed by atoms with Crippen LogP contribution in [0.1, 0.15) is 54.5 Å². The highest BCUT2D eigenvalue weighted by Crippen LogP contribution is 2.36. The Kier molecular flexibility index (Phi) is 7.66. The first-order chi connectivity index (χ1) is 17.9. The number of pyridine rings is 1. The van der Waals surface area contributed by atoms with Crippen LogP contribution in [0.4, 0.5) is 5.95 Å². The topological polar surface area (TPSA) is 113 Å². The lowest BCUT2D eigenvalue weighted by atomic mass is 10.0. The first-order valence-corrected chi connectivity index (χ1v) is 12.9. The number of hydrogen-bond donors (Lipinski definition) is 3. The maximum absolute atomic E-state index is 12.8. The zero-order valence-corrected chi connectivity index (χ0v) is 21.7. The Hall–Kier alpha value is -3.11. The number of aliphatic hydroxyl groups is 1. The van der Waals surface area contributed by atoms with Gasteiger partial charge in [-0.05, 0) is 50.5 Å². The summed E-state index contributed by atoms with van der Waals surface area (Å²) in [7, 11) is 0. The average Bonchev–Trinajstić information content (AvgIpc) is 3.20. The van der Waals surface area contributed by atoms with E-state index < -0.39 is 6.23 Å². The molecule has 1 amide bonds. The van der Waals surface area contributed by atoms with E-state index in [4.69, 9.17) is 16.3 Å². The molecule has 10 heteroatoms. The van der Waals surface area contributed by atoms with E-state index in [1.807, 2.05) is 50.2 Å². The van der Waals surface area contributed by atoms with Crippen LogP contribution in [0.5, 0.6) is 0 Å². The number of halogens is 1. The fourth-order valence-corrected chi connectivity index (χ4v) is 4.99. The van der Waals surface area contributed by atoms with E-state index >= 15 is 0 Å². The summed E-state index contributed by atoms with van der Waals surface area (Å²) in [6, 6.07) is 11.5. The van der Waals surface area contributed by atoms with Crippen molar-refractivity contribution in [3.8, 4) is 11.3 Å². The van der Waals surface area contributed by atoms with Gasteiger partial charge >= 0.3 is 0 Å². The lowest BCUT2D eigenvalue weighted by molar-refractivity contribution is -0.125. The van der Waals surface area contributed by atoms with E-state index in [9.17, 15) is 9.90 Å². The standard InChI is InChI=1S/C27H31ClN6O3/c1-16-4-3-5-23(30-16)17(2)31-24(35)15-34-14-19-7-6-18(12-21(19)26(34)36)25-22(28)13-29-27(33-25)32-20-8-10-37-11-9-20/h3-7,12-13,17,20,26,36H,8-11,14-15H2,1-2H3,(H,31,35)(H,29,32,33). The van der Waals surface area contributed by atoms with E-state index in [-0.39, 0.29) is 24.5 Å². The van der Waals surface area contributed by atoms with Crippen LogP contribution in [-0.2, 0) is 16.1 Å². The molecular formula is C27H31ClN6O3. The predicted octanol–water partition coefficient (Wildman–Crippen LogP) is 3.78. The summed E-state index contributed by atoms with van der Waals surface area (Å²) in [6.07, 6.45) is 2.48. The Morgan fingerprint density at radius 2 is 2.05 bits per heavy atom. The number of benzene rings is 1. The van der Waals surface area contributed by atoms with Gasteiger partial charge in [-0.15, -0.1) is 0 Å². The number of fused-ring (bicyclic) bond motifs is 1. The van der Waals surface area contributed by atoms with Gasteiger partial charge in [-0.2, -0.15) is 0 Å². The van der Waals surface area contributed by atoms with E-state index in [0.29, 0.717) is 23.2 Å². The molecule has 2 aromatic heterocycles. The molecule has 1 aromatic carbocycles. The number of carbonyl (C=O) groups is 1. The van der Waals surface area contributed by atoms with Crippen LogP contribution in [0, 0.1) is 6.92 Å². The normalized spacial score (nSPS) is 18.9. The summed E-state index contributed by atoms with van der Waals surface area (Å²) < 4.78 is 5.42. The molecule has 0 bridgehead atoms. The number of nitrogens with one attached hydrogen (secondary N) is 2. The number of aryl methyl sites for hydroxylation is 1. The van der Waals surface area contributed by atoms with Crippen LogP contribution in [0.25, 0.3) is 11.3 Å². The zero-order chi connectivity index (χ0) is 25.9. The van der Waals surface area contributed by atoms with Crippen LogP contribution in [-0.4, -0.2) is 56.7 Å². The molecule has 3 N–H and O–H groups in total. The van der Waals surface area contributed by atoms with E-state index in [1.54, 1.807) is 11.1 Å². The van der Waals surface area contributed by atoms with Crippen LogP contribution in [0.15, 0.2) is 42.6 Å². The maximum atomic E-state index is 12.8. The number of amides is 1. The van der Waals surface area contributed by atoms with Gasteiger partial charge in [0.05, 0.1) is 35.2 Å². The Labute approximate surface area is 221 Å².